The molecule has 1 N–H and O–H groups in total. The van der Waals surface area contributed by atoms with Gasteiger partial charge in [0.05, 0.1) is 17.1 Å². The predicted octanol–water partition coefficient (Wildman–Crippen LogP) is 2.58. The number of pyridine rings is 1. The molecule has 0 saturated heterocycles. The minimum Gasteiger partial charge on any atom is -0.342 e. The quantitative estimate of drug-likeness (QED) is 0.849. The molecule has 104 valence electrons. The Morgan fingerprint density at radius 3 is 2.75 bits per heavy atom. The first-order valence-electron chi connectivity index (χ1n) is 6.71. The third-order valence-electron chi connectivity index (χ3n) is 3.08. The summed E-state index contributed by atoms with van der Waals surface area (Å²) < 4.78 is 0. The average Bonchev–Trinajstić information content (AvgIpc) is 2.45. The zero-order valence-corrected chi connectivity index (χ0v) is 11.7. The normalized spacial score (nSPS) is 12.3. The molecule has 4 heteroatoms. The van der Waals surface area contributed by atoms with E-state index in [-0.39, 0.29) is 5.91 Å². The van der Waals surface area contributed by atoms with Crippen LogP contribution in [0.3, 0.4) is 0 Å². The molecule has 1 heterocycles. The first kappa shape index (κ1) is 14.2. The number of carbonyl (C=O) groups is 2. The summed E-state index contributed by atoms with van der Waals surface area (Å²) in [6.45, 7) is 4.03. The van der Waals surface area contributed by atoms with Gasteiger partial charge in [-0.25, -0.2) is 0 Å². The Balaban J connectivity index is 2.25. The van der Waals surface area contributed by atoms with Crippen LogP contribution in [0.5, 0.6) is 0 Å². The topological polar surface area (TPSA) is 59.1 Å². The van der Waals surface area contributed by atoms with E-state index < -0.39 is 6.04 Å². The molecule has 1 atom stereocenters. The highest BCUT2D eigenvalue weighted by Crippen LogP contribution is 2.16. The largest absolute Gasteiger partial charge is 0.342 e. The molecule has 4 nitrogen and oxygen atoms in total. The number of nitrogens with one attached hydrogen (secondary N) is 1. The second kappa shape index (κ2) is 6.28. The number of carbonyl (C=O) groups excluding carboxylic acids is 2. The Hall–Kier alpha value is -2.23. The standard InChI is InChI=1S/C16H18N2O2/c1-11(2)9-13(10-19)18-16(20)14-7-3-5-12-6-4-8-17-15(12)14/h3-8,10-11,13H,9H2,1-2H3,(H,18,20)/t13-/m0/s1. The van der Waals surface area contributed by atoms with Gasteiger partial charge in [-0.15, -0.1) is 0 Å². The van der Waals surface area contributed by atoms with Crippen LogP contribution in [0, 0.1) is 5.92 Å². The van der Waals surface area contributed by atoms with Crippen LogP contribution in [0.4, 0.5) is 0 Å². The van der Waals surface area contributed by atoms with Crippen LogP contribution < -0.4 is 5.32 Å². The first-order valence-corrected chi connectivity index (χ1v) is 6.71. The summed E-state index contributed by atoms with van der Waals surface area (Å²) in [6.07, 6.45) is 3.08. The number of rotatable bonds is 5. The monoisotopic (exact) mass is 270 g/mol. The van der Waals surface area contributed by atoms with Crippen LogP contribution in [0.2, 0.25) is 0 Å². The van der Waals surface area contributed by atoms with Crippen molar-refractivity contribution in [2.45, 2.75) is 26.3 Å². The highest BCUT2D eigenvalue weighted by molar-refractivity contribution is 6.06. The van der Waals surface area contributed by atoms with E-state index in [1.807, 2.05) is 38.1 Å². The highest BCUT2D eigenvalue weighted by atomic mass is 16.2. The van der Waals surface area contributed by atoms with Crippen LogP contribution in [-0.4, -0.2) is 23.2 Å². The van der Waals surface area contributed by atoms with Crippen molar-refractivity contribution >= 4 is 23.1 Å². The molecule has 0 unspecified atom stereocenters. The first-order chi connectivity index (χ1) is 9.61. The van der Waals surface area contributed by atoms with Gasteiger partial charge in [-0.05, 0) is 24.5 Å². The van der Waals surface area contributed by atoms with Gasteiger partial charge in [0.25, 0.3) is 5.91 Å². The molecule has 0 fully saturated rings. The van der Waals surface area contributed by atoms with Crippen LogP contribution in [-0.2, 0) is 4.79 Å². The number of hydrogen-bond acceptors (Lipinski definition) is 3. The summed E-state index contributed by atoms with van der Waals surface area (Å²) in [5.41, 5.74) is 1.15. The molecule has 2 rings (SSSR count). The number of fused-ring (bicyclic) bond motifs is 1. The van der Waals surface area contributed by atoms with E-state index in [4.69, 9.17) is 0 Å². The lowest BCUT2D eigenvalue weighted by Crippen LogP contribution is -2.37. The Bertz CT molecular complexity index is 617. The van der Waals surface area contributed by atoms with Crippen LogP contribution in [0.25, 0.3) is 10.9 Å². The van der Waals surface area contributed by atoms with E-state index in [1.165, 1.54) is 0 Å². The van der Waals surface area contributed by atoms with Gasteiger partial charge in [-0.2, -0.15) is 0 Å². The molecular weight excluding hydrogens is 252 g/mol. The van der Waals surface area contributed by atoms with Gasteiger partial charge in [-0.1, -0.05) is 32.0 Å². The van der Waals surface area contributed by atoms with Crippen LogP contribution in [0.15, 0.2) is 36.5 Å². The molecule has 0 bridgehead atoms. The van der Waals surface area contributed by atoms with Crippen molar-refractivity contribution in [2.24, 2.45) is 5.92 Å². The van der Waals surface area contributed by atoms with Gasteiger partial charge in [-0.3, -0.25) is 9.78 Å². The van der Waals surface area contributed by atoms with Crippen molar-refractivity contribution in [3.05, 3.63) is 42.1 Å². The predicted molar refractivity (Wildman–Crippen MR) is 78.5 cm³/mol. The van der Waals surface area contributed by atoms with Crippen molar-refractivity contribution in [3.63, 3.8) is 0 Å². The third-order valence-corrected chi connectivity index (χ3v) is 3.08. The summed E-state index contributed by atoms with van der Waals surface area (Å²) in [4.78, 5) is 27.6. The van der Waals surface area contributed by atoms with Gasteiger partial charge in [0.1, 0.15) is 6.29 Å². The van der Waals surface area contributed by atoms with Gasteiger partial charge in [0.15, 0.2) is 0 Å². The van der Waals surface area contributed by atoms with Gasteiger partial charge in [0, 0.05) is 11.6 Å². The Labute approximate surface area is 118 Å². The van der Waals surface area contributed by atoms with Crippen molar-refractivity contribution in [1.29, 1.82) is 0 Å². The molecule has 1 aromatic heterocycles. The highest BCUT2D eigenvalue weighted by Gasteiger charge is 2.16. The zero-order chi connectivity index (χ0) is 14.5. The number of nitrogens with zero attached hydrogens (tertiary/aromatic N) is 1. The summed E-state index contributed by atoms with van der Waals surface area (Å²) in [7, 11) is 0. The van der Waals surface area contributed by atoms with Gasteiger partial charge < -0.3 is 10.1 Å². The molecule has 1 aromatic carbocycles. The van der Waals surface area contributed by atoms with Crippen molar-refractivity contribution in [1.82, 2.24) is 10.3 Å². The van der Waals surface area contributed by atoms with E-state index >= 15 is 0 Å². The summed E-state index contributed by atoms with van der Waals surface area (Å²) >= 11 is 0. The lowest BCUT2D eigenvalue weighted by atomic mass is 10.0. The van der Waals surface area contributed by atoms with Gasteiger partial charge in [0.2, 0.25) is 0 Å². The molecular formula is C16H18N2O2. The number of aldehydes is 1. The van der Waals surface area contributed by atoms with Gasteiger partial charge >= 0.3 is 0 Å². The molecule has 0 aliphatic carbocycles. The zero-order valence-electron chi connectivity index (χ0n) is 11.7. The SMILES string of the molecule is CC(C)C[C@@H](C=O)NC(=O)c1cccc2cccnc12. The minimum absolute atomic E-state index is 0.257. The fourth-order valence-electron chi connectivity index (χ4n) is 2.19. The molecule has 0 aliphatic rings. The Morgan fingerprint density at radius 1 is 1.30 bits per heavy atom. The number of benzene rings is 1. The minimum atomic E-state index is -0.457. The second-order valence-corrected chi connectivity index (χ2v) is 5.23. The maximum absolute atomic E-state index is 12.3. The number of amides is 1. The lowest BCUT2D eigenvalue weighted by Gasteiger charge is -2.15. The molecule has 0 radical (unpaired) electrons. The lowest BCUT2D eigenvalue weighted by molar-refractivity contribution is -0.109. The molecule has 0 spiro atoms. The molecule has 0 saturated carbocycles. The van der Waals surface area contributed by atoms with E-state index in [0.29, 0.717) is 23.4 Å². The number of aromatic nitrogens is 1. The Kier molecular flexibility index (Phi) is 4.45. The summed E-state index contributed by atoms with van der Waals surface area (Å²) in [5, 5.41) is 3.67. The van der Waals surface area contributed by atoms with Crippen molar-refractivity contribution in [3.8, 4) is 0 Å². The number of para-hydroxylation sites is 1. The molecule has 20 heavy (non-hydrogen) atoms. The maximum atomic E-state index is 12.3. The van der Waals surface area contributed by atoms with E-state index in [9.17, 15) is 9.59 Å². The second-order valence-electron chi connectivity index (χ2n) is 5.23. The molecule has 2 aromatic rings. The fraction of sp³-hybridized carbons (Fsp3) is 0.312. The van der Waals surface area contributed by atoms with Crippen molar-refractivity contribution < 1.29 is 9.59 Å². The van der Waals surface area contributed by atoms with Crippen molar-refractivity contribution in [2.75, 3.05) is 0 Å². The molecule has 0 aliphatic heterocycles. The third kappa shape index (κ3) is 3.20. The van der Waals surface area contributed by atoms with Crippen LogP contribution >= 0.6 is 0 Å². The number of hydrogen-bond donors (Lipinski definition) is 1. The van der Waals surface area contributed by atoms with Crippen LogP contribution in [0.1, 0.15) is 30.6 Å². The van der Waals surface area contributed by atoms with E-state index in [2.05, 4.69) is 10.3 Å². The summed E-state index contributed by atoms with van der Waals surface area (Å²) in [6, 6.07) is 8.73. The Morgan fingerprint density at radius 2 is 2.05 bits per heavy atom. The maximum Gasteiger partial charge on any atom is 0.254 e. The fourth-order valence-corrected chi connectivity index (χ4v) is 2.19. The smallest absolute Gasteiger partial charge is 0.254 e. The average molecular weight is 270 g/mol. The molecule has 1 amide bonds. The van der Waals surface area contributed by atoms with E-state index in [0.717, 1.165) is 11.7 Å². The summed E-state index contributed by atoms with van der Waals surface area (Å²) in [5.74, 6) is 0.0863. The van der Waals surface area contributed by atoms with E-state index in [1.54, 1.807) is 12.3 Å².